The molecule has 1 aliphatic heterocycles. The number of hydrogen-bond donors (Lipinski definition) is 0. The largest absolute Gasteiger partial charge is 0.475 e. The molecule has 0 unspecified atom stereocenters. The van der Waals surface area contributed by atoms with Crippen molar-refractivity contribution in [3.63, 3.8) is 0 Å². The van der Waals surface area contributed by atoms with Crippen LogP contribution in [0.3, 0.4) is 0 Å². The van der Waals surface area contributed by atoms with Gasteiger partial charge in [-0.2, -0.15) is 0 Å². The first-order valence-corrected chi connectivity index (χ1v) is 4.88. The highest BCUT2D eigenvalue weighted by atomic mass is 16.5. The Bertz CT molecular complexity index is 332. The first kappa shape index (κ1) is 9.19. The summed E-state index contributed by atoms with van der Waals surface area (Å²) in [4.78, 5) is 8.55. The van der Waals surface area contributed by atoms with Crippen molar-refractivity contribution >= 4 is 5.90 Å². The van der Waals surface area contributed by atoms with E-state index in [1.807, 2.05) is 12.1 Å². The highest BCUT2D eigenvalue weighted by Gasteiger charge is 2.22. The van der Waals surface area contributed by atoms with E-state index in [9.17, 15) is 0 Å². The molecule has 0 fully saturated rings. The molecule has 2 heterocycles. The second kappa shape index (κ2) is 3.78. The lowest BCUT2D eigenvalue weighted by atomic mass is 10.1. The Balaban J connectivity index is 2.18. The zero-order chi connectivity index (χ0) is 9.97. The van der Waals surface area contributed by atoms with Gasteiger partial charge >= 0.3 is 0 Å². The van der Waals surface area contributed by atoms with Crippen LogP contribution in [0.5, 0.6) is 0 Å². The Morgan fingerprint density at radius 3 is 2.93 bits per heavy atom. The predicted octanol–water partition coefficient (Wildman–Crippen LogP) is 1.88. The van der Waals surface area contributed by atoms with Crippen molar-refractivity contribution in [1.29, 1.82) is 0 Å². The monoisotopic (exact) mass is 190 g/mol. The van der Waals surface area contributed by atoms with Gasteiger partial charge in [-0.05, 0) is 18.1 Å². The average Bonchev–Trinajstić information content (AvgIpc) is 2.68. The van der Waals surface area contributed by atoms with Gasteiger partial charge in [-0.25, -0.2) is 4.99 Å². The second-order valence-corrected chi connectivity index (χ2v) is 3.80. The molecule has 0 amide bonds. The summed E-state index contributed by atoms with van der Waals surface area (Å²) in [6.07, 6.45) is 3.53. The van der Waals surface area contributed by atoms with Crippen LogP contribution in [0.4, 0.5) is 0 Å². The Morgan fingerprint density at radius 1 is 1.50 bits per heavy atom. The maximum Gasteiger partial charge on any atom is 0.218 e. The van der Waals surface area contributed by atoms with Gasteiger partial charge in [-0.1, -0.05) is 13.8 Å². The second-order valence-electron chi connectivity index (χ2n) is 3.80. The van der Waals surface area contributed by atoms with Crippen molar-refractivity contribution in [2.24, 2.45) is 10.9 Å². The first-order valence-electron chi connectivity index (χ1n) is 4.88. The Hall–Kier alpha value is -1.38. The predicted molar refractivity (Wildman–Crippen MR) is 55.4 cm³/mol. The standard InChI is InChI=1S/C11H14N2O/c1-8(2)10-7-14-11(13-10)9-4-3-5-12-6-9/h3-6,8,10H,7H2,1-2H3/t10-/m1/s1. The van der Waals surface area contributed by atoms with Crippen molar-refractivity contribution in [3.05, 3.63) is 30.1 Å². The summed E-state index contributed by atoms with van der Waals surface area (Å²) in [6.45, 7) is 5.01. The number of pyridine rings is 1. The molecule has 0 bridgehead atoms. The van der Waals surface area contributed by atoms with Crippen molar-refractivity contribution < 1.29 is 4.74 Å². The molecule has 1 aromatic rings. The normalized spacial score (nSPS) is 20.8. The summed E-state index contributed by atoms with van der Waals surface area (Å²) in [7, 11) is 0. The molecular formula is C11H14N2O. The fourth-order valence-corrected chi connectivity index (χ4v) is 1.38. The van der Waals surface area contributed by atoms with E-state index < -0.39 is 0 Å². The molecule has 2 rings (SSSR count). The average molecular weight is 190 g/mol. The molecule has 3 heteroatoms. The van der Waals surface area contributed by atoms with Crippen LogP contribution >= 0.6 is 0 Å². The summed E-state index contributed by atoms with van der Waals surface area (Å²) >= 11 is 0. The summed E-state index contributed by atoms with van der Waals surface area (Å²) in [5, 5.41) is 0. The van der Waals surface area contributed by atoms with Gasteiger partial charge in [0.2, 0.25) is 5.90 Å². The molecule has 0 radical (unpaired) electrons. The summed E-state index contributed by atoms with van der Waals surface area (Å²) in [5.41, 5.74) is 0.968. The van der Waals surface area contributed by atoms with E-state index in [0.717, 1.165) is 11.5 Å². The van der Waals surface area contributed by atoms with Crippen LogP contribution in [0.1, 0.15) is 19.4 Å². The van der Waals surface area contributed by atoms with E-state index in [1.54, 1.807) is 12.4 Å². The minimum atomic E-state index is 0.296. The van der Waals surface area contributed by atoms with E-state index >= 15 is 0 Å². The SMILES string of the molecule is CC(C)[C@H]1COC(c2cccnc2)=N1. The molecule has 14 heavy (non-hydrogen) atoms. The topological polar surface area (TPSA) is 34.5 Å². The van der Waals surface area contributed by atoms with E-state index in [0.29, 0.717) is 18.6 Å². The van der Waals surface area contributed by atoms with Crippen LogP contribution in [0.15, 0.2) is 29.5 Å². The molecule has 1 aromatic heterocycles. The molecular weight excluding hydrogens is 176 g/mol. The molecule has 1 aliphatic rings. The molecule has 1 atom stereocenters. The number of hydrogen-bond acceptors (Lipinski definition) is 3. The molecule has 0 saturated carbocycles. The van der Waals surface area contributed by atoms with E-state index in [4.69, 9.17) is 4.74 Å². The summed E-state index contributed by atoms with van der Waals surface area (Å²) in [5.74, 6) is 1.26. The van der Waals surface area contributed by atoms with Crippen LogP contribution in [0.25, 0.3) is 0 Å². The lowest BCUT2D eigenvalue weighted by Gasteiger charge is -2.06. The summed E-state index contributed by atoms with van der Waals surface area (Å²) < 4.78 is 5.52. The van der Waals surface area contributed by atoms with Crippen LogP contribution in [0, 0.1) is 5.92 Å². The fourth-order valence-electron chi connectivity index (χ4n) is 1.38. The van der Waals surface area contributed by atoms with Crippen LogP contribution in [-0.2, 0) is 4.74 Å². The summed E-state index contributed by atoms with van der Waals surface area (Å²) in [6, 6.07) is 4.16. The van der Waals surface area contributed by atoms with Crippen molar-refractivity contribution in [1.82, 2.24) is 4.98 Å². The van der Waals surface area contributed by atoms with Gasteiger partial charge in [-0.15, -0.1) is 0 Å². The van der Waals surface area contributed by atoms with Gasteiger partial charge in [0, 0.05) is 12.4 Å². The minimum Gasteiger partial charge on any atom is -0.475 e. The maximum absolute atomic E-state index is 5.52. The maximum atomic E-state index is 5.52. The van der Waals surface area contributed by atoms with Gasteiger partial charge in [0.1, 0.15) is 6.61 Å². The molecule has 0 aromatic carbocycles. The molecule has 3 nitrogen and oxygen atoms in total. The van der Waals surface area contributed by atoms with E-state index in [1.165, 1.54) is 0 Å². The number of nitrogens with zero attached hydrogens (tertiary/aromatic N) is 2. The molecule has 0 saturated heterocycles. The zero-order valence-electron chi connectivity index (χ0n) is 8.47. The van der Waals surface area contributed by atoms with E-state index in [2.05, 4.69) is 23.8 Å². The quantitative estimate of drug-likeness (QED) is 0.713. The van der Waals surface area contributed by atoms with Crippen LogP contribution < -0.4 is 0 Å². The molecule has 0 aliphatic carbocycles. The van der Waals surface area contributed by atoms with Gasteiger partial charge in [0.25, 0.3) is 0 Å². The highest BCUT2D eigenvalue weighted by Crippen LogP contribution is 2.16. The van der Waals surface area contributed by atoms with Crippen LogP contribution in [0.2, 0.25) is 0 Å². The van der Waals surface area contributed by atoms with Gasteiger partial charge in [-0.3, -0.25) is 4.98 Å². The number of ether oxygens (including phenoxy) is 1. The molecule has 0 spiro atoms. The van der Waals surface area contributed by atoms with Gasteiger partial charge < -0.3 is 4.74 Å². The Morgan fingerprint density at radius 2 is 2.36 bits per heavy atom. The van der Waals surface area contributed by atoms with Crippen LogP contribution in [-0.4, -0.2) is 23.5 Å². The Labute approximate surface area is 83.8 Å². The molecule has 74 valence electrons. The van der Waals surface area contributed by atoms with Gasteiger partial charge in [0.05, 0.1) is 11.6 Å². The minimum absolute atomic E-state index is 0.296. The number of aliphatic imine (C=N–C) groups is 1. The van der Waals surface area contributed by atoms with Crippen molar-refractivity contribution in [2.45, 2.75) is 19.9 Å². The fraction of sp³-hybridized carbons (Fsp3) is 0.455. The molecule has 0 N–H and O–H groups in total. The van der Waals surface area contributed by atoms with Gasteiger partial charge in [0.15, 0.2) is 0 Å². The zero-order valence-corrected chi connectivity index (χ0v) is 8.47. The number of aromatic nitrogens is 1. The first-order chi connectivity index (χ1) is 6.77. The third-order valence-corrected chi connectivity index (χ3v) is 2.35. The van der Waals surface area contributed by atoms with E-state index in [-0.39, 0.29) is 0 Å². The lowest BCUT2D eigenvalue weighted by molar-refractivity contribution is 0.292. The highest BCUT2D eigenvalue weighted by molar-refractivity contribution is 5.94. The van der Waals surface area contributed by atoms with Crippen molar-refractivity contribution in [2.75, 3.05) is 6.61 Å². The van der Waals surface area contributed by atoms with Crippen molar-refractivity contribution in [3.8, 4) is 0 Å². The smallest absolute Gasteiger partial charge is 0.218 e. The third-order valence-electron chi connectivity index (χ3n) is 2.35. The number of rotatable bonds is 2. The lowest BCUT2D eigenvalue weighted by Crippen LogP contribution is -2.13. The Kier molecular flexibility index (Phi) is 2.48. The third kappa shape index (κ3) is 1.76.